The van der Waals surface area contributed by atoms with Crippen LogP contribution in [-0.2, 0) is 5.88 Å². The molecule has 1 aromatic heterocycles. The number of hydrogen-bond acceptors (Lipinski definition) is 3. The Morgan fingerprint density at radius 3 is 3.00 bits per heavy atom. The van der Waals surface area contributed by atoms with Gasteiger partial charge in [-0.2, -0.15) is 0 Å². The molecule has 12 heavy (non-hydrogen) atoms. The van der Waals surface area contributed by atoms with Crippen molar-refractivity contribution in [1.29, 1.82) is 0 Å². The monoisotopic (exact) mass is 184 g/mol. The molecule has 0 saturated heterocycles. The number of hydrogen-bond donors (Lipinski definition) is 0. The van der Waals surface area contributed by atoms with E-state index in [1.165, 1.54) is 0 Å². The summed E-state index contributed by atoms with van der Waals surface area (Å²) < 4.78 is 1.61. The molecule has 0 saturated carbocycles. The first-order valence-electron chi connectivity index (χ1n) is 3.85. The van der Waals surface area contributed by atoms with Gasteiger partial charge in [0.2, 0.25) is 0 Å². The van der Waals surface area contributed by atoms with Crippen molar-refractivity contribution < 1.29 is 0 Å². The van der Waals surface area contributed by atoms with E-state index in [9.17, 15) is 4.79 Å². The van der Waals surface area contributed by atoms with Crippen molar-refractivity contribution in [3.05, 3.63) is 28.4 Å². The average molecular weight is 184 g/mol. The predicted molar refractivity (Wildman–Crippen MR) is 51.4 cm³/mol. The summed E-state index contributed by atoms with van der Waals surface area (Å²) >= 11 is 1.70. The maximum absolute atomic E-state index is 11.3. The van der Waals surface area contributed by atoms with Crippen molar-refractivity contribution in [1.82, 2.24) is 9.55 Å². The summed E-state index contributed by atoms with van der Waals surface area (Å²) in [5.41, 5.74) is 0.807. The zero-order valence-corrected chi connectivity index (χ0v) is 8.10. The number of aryl methyl sites for hydroxylation is 1. The van der Waals surface area contributed by atoms with Crippen LogP contribution in [0.4, 0.5) is 0 Å². The van der Waals surface area contributed by atoms with Crippen molar-refractivity contribution in [3.8, 4) is 0 Å². The molecule has 1 aromatic rings. The van der Waals surface area contributed by atoms with Gasteiger partial charge in [0, 0.05) is 11.8 Å². The highest BCUT2D eigenvalue weighted by Gasteiger charge is 1.94. The lowest BCUT2D eigenvalue weighted by atomic mass is 10.4. The summed E-state index contributed by atoms with van der Waals surface area (Å²) in [5, 5.41) is 0. The van der Waals surface area contributed by atoms with Crippen LogP contribution in [-0.4, -0.2) is 15.3 Å². The van der Waals surface area contributed by atoms with Crippen LogP contribution in [0.15, 0.2) is 17.2 Å². The van der Waals surface area contributed by atoms with E-state index in [2.05, 4.69) is 11.9 Å². The second-order valence-electron chi connectivity index (χ2n) is 2.46. The van der Waals surface area contributed by atoms with E-state index in [0.717, 1.165) is 11.4 Å². The lowest BCUT2D eigenvalue weighted by Crippen LogP contribution is -2.18. The minimum Gasteiger partial charge on any atom is -0.289 e. The van der Waals surface area contributed by atoms with E-state index in [-0.39, 0.29) is 5.56 Å². The van der Waals surface area contributed by atoms with Gasteiger partial charge in [0.25, 0.3) is 5.56 Å². The average Bonchev–Trinajstić information content (AvgIpc) is 2.03. The van der Waals surface area contributed by atoms with Gasteiger partial charge in [-0.05, 0) is 12.7 Å². The highest BCUT2D eigenvalue weighted by atomic mass is 32.2. The molecule has 0 bridgehead atoms. The van der Waals surface area contributed by atoms with E-state index in [1.54, 1.807) is 28.7 Å². The van der Waals surface area contributed by atoms with Crippen LogP contribution < -0.4 is 5.56 Å². The topological polar surface area (TPSA) is 34.9 Å². The third-order valence-corrected chi connectivity index (χ3v) is 2.32. The summed E-state index contributed by atoms with van der Waals surface area (Å²) in [6.07, 6.45) is 1.60. The van der Waals surface area contributed by atoms with Crippen LogP contribution in [0.1, 0.15) is 12.6 Å². The Bertz CT molecular complexity index is 308. The fourth-order valence-electron chi connectivity index (χ4n) is 0.803. The molecule has 0 spiro atoms. The molecule has 0 N–H and O–H groups in total. The first kappa shape index (κ1) is 9.32. The summed E-state index contributed by atoms with van der Waals surface area (Å²) in [5.74, 6) is 1.71. The summed E-state index contributed by atoms with van der Waals surface area (Å²) in [6.45, 7) is 3.88. The molecule has 0 fully saturated rings. The van der Waals surface area contributed by atoms with Gasteiger partial charge in [0.15, 0.2) is 0 Å². The highest BCUT2D eigenvalue weighted by Crippen LogP contribution is 2.00. The van der Waals surface area contributed by atoms with Crippen molar-refractivity contribution in [2.75, 3.05) is 5.75 Å². The number of rotatable bonds is 3. The molecule has 0 unspecified atom stereocenters. The van der Waals surface area contributed by atoms with Crippen LogP contribution in [0.2, 0.25) is 0 Å². The van der Waals surface area contributed by atoms with Crippen LogP contribution >= 0.6 is 11.8 Å². The second kappa shape index (κ2) is 4.30. The lowest BCUT2D eigenvalue weighted by Gasteiger charge is -2.02. The summed E-state index contributed by atoms with van der Waals surface area (Å²) in [4.78, 5) is 15.3. The number of thioether (sulfide) groups is 1. The molecular weight excluding hydrogens is 172 g/mol. The number of nitrogens with zero attached hydrogens (tertiary/aromatic N) is 2. The van der Waals surface area contributed by atoms with Gasteiger partial charge in [0.1, 0.15) is 0 Å². The number of aromatic nitrogens is 2. The minimum atomic E-state index is 0.0310. The quantitative estimate of drug-likeness (QED) is 0.709. The molecule has 4 heteroatoms. The summed E-state index contributed by atoms with van der Waals surface area (Å²) in [7, 11) is 0. The standard InChI is InChI=1S/C8H12N2OS/c1-3-12-6-10-5-9-7(2)4-8(10)11/h4-5H,3,6H2,1-2H3. The minimum absolute atomic E-state index is 0.0310. The molecule has 66 valence electrons. The van der Waals surface area contributed by atoms with Gasteiger partial charge >= 0.3 is 0 Å². The van der Waals surface area contributed by atoms with E-state index in [1.807, 2.05) is 6.92 Å². The molecule has 0 atom stereocenters. The molecule has 0 aliphatic heterocycles. The molecular formula is C8H12N2OS. The maximum Gasteiger partial charge on any atom is 0.254 e. The van der Waals surface area contributed by atoms with Gasteiger partial charge in [-0.3, -0.25) is 9.36 Å². The third kappa shape index (κ3) is 2.37. The highest BCUT2D eigenvalue weighted by molar-refractivity contribution is 7.98. The van der Waals surface area contributed by atoms with Crippen LogP contribution in [0.5, 0.6) is 0 Å². The van der Waals surface area contributed by atoms with Gasteiger partial charge in [-0.25, -0.2) is 4.98 Å². The van der Waals surface area contributed by atoms with Gasteiger partial charge < -0.3 is 0 Å². The first-order valence-corrected chi connectivity index (χ1v) is 5.00. The largest absolute Gasteiger partial charge is 0.289 e. The Morgan fingerprint density at radius 2 is 2.42 bits per heavy atom. The lowest BCUT2D eigenvalue weighted by molar-refractivity contribution is 0.797. The molecule has 0 radical (unpaired) electrons. The fraction of sp³-hybridized carbons (Fsp3) is 0.500. The Kier molecular flexibility index (Phi) is 3.34. The van der Waals surface area contributed by atoms with Crippen LogP contribution in [0.25, 0.3) is 0 Å². The molecule has 0 aromatic carbocycles. The zero-order chi connectivity index (χ0) is 8.97. The Morgan fingerprint density at radius 1 is 1.67 bits per heavy atom. The van der Waals surface area contributed by atoms with Crippen LogP contribution in [0, 0.1) is 6.92 Å². The van der Waals surface area contributed by atoms with Crippen molar-refractivity contribution in [2.45, 2.75) is 19.7 Å². The molecule has 0 aliphatic carbocycles. The van der Waals surface area contributed by atoms with Crippen LogP contribution in [0.3, 0.4) is 0 Å². The Hall–Kier alpha value is -0.770. The molecule has 3 nitrogen and oxygen atoms in total. The van der Waals surface area contributed by atoms with E-state index < -0.39 is 0 Å². The molecule has 0 amide bonds. The second-order valence-corrected chi connectivity index (χ2v) is 3.70. The zero-order valence-electron chi connectivity index (χ0n) is 7.28. The molecule has 0 aliphatic rings. The van der Waals surface area contributed by atoms with Gasteiger partial charge in [-0.1, -0.05) is 6.92 Å². The van der Waals surface area contributed by atoms with Crippen molar-refractivity contribution >= 4 is 11.8 Å². The maximum atomic E-state index is 11.3. The molecule has 1 heterocycles. The summed E-state index contributed by atoms with van der Waals surface area (Å²) in [6, 6.07) is 1.55. The van der Waals surface area contributed by atoms with Crippen molar-refractivity contribution in [3.63, 3.8) is 0 Å². The fourth-order valence-corrected chi connectivity index (χ4v) is 1.38. The Balaban J connectivity index is 2.80. The smallest absolute Gasteiger partial charge is 0.254 e. The van der Waals surface area contributed by atoms with E-state index in [4.69, 9.17) is 0 Å². The SMILES string of the molecule is CCSCn1cnc(C)cc1=O. The normalized spacial score (nSPS) is 10.2. The predicted octanol–water partition coefficient (Wildman–Crippen LogP) is 1.26. The Labute approximate surface area is 75.8 Å². The van der Waals surface area contributed by atoms with Crippen molar-refractivity contribution in [2.24, 2.45) is 0 Å². The van der Waals surface area contributed by atoms with Gasteiger partial charge in [0.05, 0.1) is 12.2 Å². The van der Waals surface area contributed by atoms with E-state index >= 15 is 0 Å². The third-order valence-electron chi connectivity index (χ3n) is 1.45. The first-order chi connectivity index (χ1) is 5.74. The molecule has 1 rings (SSSR count). The van der Waals surface area contributed by atoms with Gasteiger partial charge in [-0.15, -0.1) is 11.8 Å². The van der Waals surface area contributed by atoms with E-state index in [0.29, 0.717) is 5.88 Å².